The van der Waals surface area contributed by atoms with Gasteiger partial charge in [0, 0.05) is 41.1 Å². The first-order chi connectivity index (χ1) is 19.4. The Morgan fingerprint density at radius 3 is 2.05 bits per heavy atom. The van der Waals surface area contributed by atoms with Gasteiger partial charge >= 0.3 is 0 Å². The molecule has 2 aromatic rings. The topological polar surface area (TPSA) is 115 Å². The molecule has 4 rings (SSSR count). The van der Waals surface area contributed by atoms with Gasteiger partial charge in [-0.3, -0.25) is 9.11 Å². The van der Waals surface area contributed by atoms with Gasteiger partial charge in [0.25, 0.3) is 20.2 Å². The van der Waals surface area contributed by atoms with Crippen LogP contribution < -0.4 is 4.90 Å². The van der Waals surface area contributed by atoms with Crippen LogP contribution in [-0.2, 0) is 31.1 Å². The summed E-state index contributed by atoms with van der Waals surface area (Å²) in [4.78, 5) is 2.01. The van der Waals surface area contributed by atoms with Crippen molar-refractivity contribution in [3.8, 4) is 0 Å². The molecule has 228 valence electrons. The molecule has 0 fully saturated rings. The van der Waals surface area contributed by atoms with Crippen LogP contribution >= 0.6 is 0 Å². The molecule has 2 heterocycles. The van der Waals surface area contributed by atoms with Crippen LogP contribution in [0.3, 0.4) is 0 Å². The first kappa shape index (κ1) is 32.1. The van der Waals surface area contributed by atoms with Gasteiger partial charge in [-0.15, -0.1) is 0 Å². The Bertz CT molecular complexity index is 1700. The maximum Gasteiger partial charge on any atom is 0.294 e. The van der Waals surface area contributed by atoms with Crippen molar-refractivity contribution >= 4 is 37.3 Å². The first-order valence-corrected chi connectivity index (χ1v) is 17.3. The monoisotopic (exact) mass is 615 g/mol. The zero-order valence-corrected chi connectivity index (χ0v) is 27.2. The predicted octanol–water partition coefficient (Wildman–Crippen LogP) is 6.64. The summed E-state index contributed by atoms with van der Waals surface area (Å²) in [5, 5.41) is 0. The third-order valence-corrected chi connectivity index (χ3v) is 10.3. The highest BCUT2D eigenvalue weighted by molar-refractivity contribution is 7.86. The number of hydrogen-bond donors (Lipinski definition) is 2. The number of hydrogen-bond acceptors (Lipinski definition) is 5. The standard InChI is InChI=1S/C32H42N2O6S2/c1-8-33-27-17-15-23(41(35,36)37)20-25(27)31(4,5)29(33)13-11-14-30-32(6,7)26-21-24(42(38,39)40)16-18-28(26)34(30)19-10-9-12-22(2)3/h11,13-18,20-22H,8-10,12,19H2,1-7H3,(H-,35,36,37,38,39,40)/p+1. The van der Waals surface area contributed by atoms with Gasteiger partial charge < -0.3 is 4.90 Å². The molecule has 10 heteroatoms. The fourth-order valence-electron chi connectivity index (χ4n) is 6.26. The van der Waals surface area contributed by atoms with Gasteiger partial charge in [-0.2, -0.15) is 21.4 Å². The third kappa shape index (κ3) is 6.00. The van der Waals surface area contributed by atoms with Crippen molar-refractivity contribution in [1.29, 1.82) is 0 Å². The van der Waals surface area contributed by atoms with E-state index in [9.17, 15) is 25.9 Å². The summed E-state index contributed by atoms with van der Waals surface area (Å²) in [6, 6.07) is 9.54. The number of allylic oxidation sites excluding steroid dienone is 4. The summed E-state index contributed by atoms with van der Waals surface area (Å²) in [6.45, 7) is 16.1. The molecule has 0 aliphatic carbocycles. The lowest BCUT2D eigenvalue weighted by Crippen LogP contribution is -2.28. The van der Waals surface area contributed by atoms with Crippen LogP contribution in [0.15, 0.2) is 70.1 Å². The molecule has 0 saturated carbocycles. The van der Waals surface area contributed by atoms with Gasteiger partial charge in [0.15, 0.2) is 5.71 Å². The molecule has 0 saturated heterocycles. The SMILES string of the molecule is CC[N+]1=C(/C=C/C=C2/N(CCCCC(C)C)c3ccc(S(=O)(=O)O)cc3C2(C)C)C(C)(C)c2cc(S(=O)(=O)O)ccc21. The minimum Gasteiger partial charge on any atom is -0.344 e. The number of anilines is 1. The highest BCUT2D eigenvalue weighted by Crippen LogP contribution is 2.49. The molecular weight excluding hydrogens is 572 g/mol. The highest BCUT2D eigenvalue weighted by atomic mass is 32.2. The van der Waals surface area contributed by atoms with E-state index in [1.807, 2.05) is 32.9 Å². The molecule has 2 N–H and O–H groups in total. The lowest BCUT2D eigenvalue weighted by molar-refractivity contribution is -0.433. The second kappa shape index (κ2) is 11.4. The zero-order chi connectivity index (χ0) is 31.3. The quantitative estimate of drug-likeness (QED) is 0.175. The van der Waals surface area contributed by atoms with Crippen molar-refractivity contribution in [3.63, 3.8) is 0 Å². The van der Waals surface area contributed by atoms with Crippen molar-refractivity contribution in [2.24, 2.45) is 5.92 Å². The largest absolute Gasteiger partial charge is 0.344 e. The van der Waals surface area contributed by atoms with Crippen molar-refractivity contribution in [1.82, 2.24) is 0 Å². The van der Waals surface area contributed by atoms with E-state index in [4.69, 9.17) is 0 Å². The summed E-state index contributed by atoms with van der Waals surface area (Å²) in [5.41, 5.74) is 4.49. The summed E-state index contributed by atoms with van der Waals surface area (Å²) < 4.78 is 69.1. The molecule has 0 spiro atoms. The van der Waals surface area contributed by atoms with Crippen molar-refractivity contribution in [3.05, 3.63) is 71.5 Å². The Morgan fingerprint density at radius 2 is 1.48 bits per heavy atom. The van der Waals surface area contributed by atoms with Crippen molar-refractivity contribution < 1.29 is 30.5 Å². The summed E-state index contributed by atoms with van der Waals surface area (Å²) in [7, 11) is -8.67. The molecular formula is C32H43N2O6S2+. The minimum atomic E-state index is -4.34. The Balaban J connectivity index is 1.75. The van der Waals surface area contributed by atoms with Crippen LogP contribution in [0.5, 0.6) is 0 Å². The second-order valence-electron chi connectivity index (χ2n) is 12.6. The Morgan fingerprint density at radius 1 is 0.881 bits per heavy atom. The summed E-state index contributed by atoms with van der Waals surface area (Å²) in [5.74, 6) is 0.619. The number of benzene rings is 2. The Kier molecular flexibility index (Phi) is 8.70. The normalized spacial score (nSPS) is 18.9. The molecule has 0 unspecified atom stereocenters. The number of rotatable bonds is 10. The van der Waals surface area contributed by atoms with Gasteiger partial charge in [-0.05, 0) is 75.1 Å². The van der Waals surface area contributed by atoms with Crippen molar-refractivity contribution in [2.75, 3.05) is 18.0 Å². The van der Waals surface area contributed by atoms with E-state index in [1.165, 1.54) is 12.1 Å². The molecule has 2 aromatic carbocycles. The molecule has 2 aliphatic rings. The molecule has 0 radical (unpaired) electrons. The number of unbranched alkanes of at least 4 members (excludes halogenated alkanes) is 1. The Labute approximate surface area is 251 Å². The molecule has 0 aromatic heterocycles. The average molecular weight is 616 g/mol. The van der Waals surface area contributed by atoms with Crippen LogP contribution in [-0.4, -0.2) is 49.3 Å². The van der Waals surface area contributed by atoms with Gasteiger partial charge in [0.2, 0.25) is 5.69 Å². The number of nitrogens with zero attached hydrogens (tertiary/aromatic N) is 2. The molecule has 42 heavy (non-hydrogen) atoms. The third-order valence-electron chi connectivity index (χ3n) is 8.56. The van der Waals surface area contributed by atoms with Crippen LogP contribution in [0.25, 0.3) is 0 Å². The van der Waals surface area contributed by atoms with E-state index in [0.717, 1.165) is 59.7 Å². The zero-order valence-electron chi connectivity index (χ0n) is 25.5. The van der Waals surface area contributed by atoms with Crippen LogP contribution in [0.2, 0.25) is 0 Å². The first-order valence-electron chi connectivity index (χ1n) is 14.5. The van der Waals surface area contributed by atoms with E-state index in [-0.39, 0.29) is 9.79 Å². The van der Waals surface area contributed by atoms with E-state index < -0.39 is 31.1 Å². The fourth-order valence-corrected chi connectivity index (χ4v) is 7.28. The van der Waals surface area contributed by atoms with E-state index in [1.54, 1.807) is 24.3 Å². The molecule has 0 bridgehead atoms. The van der Waals surface area contributed by atoms with E-state index >= 15 is 0 Å². The summed E-state index contributed by atoms with van der Waals surface area (Å²) in [6.07, 6.45) is 9.31. The smallest absolute Gasteiger partial charge is 0.294 e. The van der Waals surface area contributed by atoms with Gasteiger partial charge in [-0.25, -0.2) is 0 Å². The number of fused-ring (bicyclic) bond motifs is 2. The highest BCUT2D eigenvalue weighted by Gasteiger charge is 2.45. The lowest BCUT2D eigenvalue weighted by atomic mass is 9.81. The van der Waals surface area contributed by atoms with Gasteiger partial charge in [0.05, 0.1) is 15.2 Å². The second-order valence-corrected chi connectivity index (χ2v) is 15.5. The summed E-state index contributed by atoms with van der Waals surface area (Å²) >= 11 is 0. The molecule has 0 amide bonds. The fraction of sp³-hybridized carbons (Fsp3) is 0.469. The predicted molar refractivity (Wildman–Crippen MR) is 167 cm³/mol. The molecule has 0 atom stereocenters. The van der Waals surface area contributed by atoms with Crippen LogP contribution in [0.1, 0.15) is 78.9 Å². The van der Waals surface area contributed by atoms with Crippen LogP contribution in [0, 0.1) is 5.92 Å². The van der Waals surface area contributed by atoms with Gasteiger partial charge in [-0.1, -0.05) is 46.6 Å². The van der Waals surface area contributed by atoms with Gasteiger partial charge in [0.1, 0.15) is 6.54 Å². The average Bonchev–Trinajstić information content (AvgIpc) is 3.23. The lowest BCUT2D eigenvalue weighted by Gasteiger charge is -2.27. The van der Waals surface area contributed by atoms with Crippen molar-refractivity contribution in [2.45, 2.75) is 88.3 Å². The molecule has 2 aliphatic heterocycles. The van der Waals surface area contributed by atoms with E-state index in [2.05, 4.69) is 43.2 Å². The maximum atomic E-state index is 12.0. The molecule has 8 nitrogen and oxygen atoms in total. The Hall–Kier alpha value is -2.79. The minimum absolute atomic E-state index is 0.116. The van der Waals surface area contributed by atoms with Crippen LogP contribution in [0.4, 0.5) is 11.4 Å². The maximum absolute atomic E-state index is 12.0. The van der Waals surface area contributed by atoms with E-state index in [0.29, 0.717) is 12.5 Å².